The fourth-order valence-corrected chi connectivity index (χ4v) is 3.53. The van der Waals surface area contributed by atoms with Crippen LogP contribution in [0, 0.1) is 0 Å². The number of ether oxygens (including phenoxy) is 1. The molecule has 0 saturated carbocycles. The lowest BCUT2D eigenvalue weighted by Gasteiger charge is -2.09. The molecule has 2 N–H and O–H groups in total. The zero-order valence-corrected chi connectivity index (χ0v) is 14.2. The summed E-state index contributed by atoms with van der Waals surface area (Å²) in [4.78, 5) is 0.715. The Hall–Kier alpha value is -1.03. The summed E-state index contributed by atoms with van der Waals surface area (Å²) in [7, 11) is -1.02. The minimum Gasteiger partial charge on any atom is -0.494 e. The van der Waals surface area contributed by atoms with Gasteiger partial charge in [0.25, 0.3) is 0 Å². The third-order valence-electron chi connectivity index (χ3n) is 3.47. The molecule has 0 amide bonds. The molecule has 3 nitrogen and oxygen atoms in total. The van der Waals surface area contributed by atoms with Gasteiger partial charge in [0.05, 0.1) is 22.3 Å². The Morgan fingerprint density at radius 2 is 1.71 bits per heavy atom. The molecule has 4 heteroatoms. The first-order valence-electron chi connectivity index (χ1n) is 8.09. The van der Waals surface area contributed by atoms with E-state index in [9.17, 15) is 4.21 Å². The minimum atomic E-state index is -1.02. The normalized spacial score (nSPS) is 12.3. The molecule has 0 fully saturated rings. The highest BCUT2D eigenvalue weighted by atomic mass is 32.2. The number of hydrogen-bond donors (Lipinski definition) is 1. The van der Waals surface area contributed by atoms with Gasteiger partial charge in [-0.05, 0) is 31.5 Å². The summed E-state index contributed by atoms with van der Waals surface area (Å²) in [6.45, 7) is 4.77. The molecule has 0 aliphatic carbocycles. The number of nitrogen functional groups attached to an aromatic ring is 1. The van der Waals surface area contributed by atoms with Crippen LogP contribution in [-0.4, -0.2) is 16.6 Å². The molecule has 0 radical (unpaired) electrons. The second-order valence-corrected chi connectivity index (χ2v) is 6.84. The van der Waals surface area contributed by atoms with Crippen LogP contribution in [0.3, 0.4) is 0 Å². The number of anilines is 1. The highest BCUT2D eigenvalue weighted by Gasteiger charge is 2.09. The number of unbranched alkanes of at least 4 members (excludes halogenated alkanes) is 6. The molecule has 1 atom stereocenters. The Morgan fingerprint density at radius 3 is 2.38 bits per heavy atom. The van der Waals surface area contributed by atoms with Gasteiger partial charge in [-0.2, -0.15) is 0 Å². The summed E-state index contributed by atoms with van der Waals surface area (Å²) in [6, 6.07) is 5.42. The van der Waals surface area contributed by atoms with Crippen molar-refractivity contribution in [1.29, 1.82) is 0 Å². The molecule has 1 rings (SSSR count). The van der Waals surface area contributed by atoms with Gasteiger partial charge in [-0.1, -0.05) is 45.4 Å². The molecular weight excluding hydrogens is 282 g/mol. The summed E-state index contributed by atoms with van der Waals surface area (Å²) in [5.41, 5.74) is 6.52. The smallest absolute Gasteiger partial charge is 0.120 e. The van der Waals surface area contributed by atoms with Crippen molar-refractivity contribution in [2.75, 3.05) is 18.1 Å². The van der Waals surface area contributed by atoms with E-state index < -0.39 is 10.8 Å². The van der Waals surface area contributed by atoms with Crippen LogP contribution in [0.4, 0.5) is 5.69 Å². The molecule has 0 aromatic heterocycles. The van der Waals surface area contributed by atoms with Crippen molar-refractivity contribution in [2.45, 2.75) is 63.7 Å². The van der Waals surface area contributed by atoms with Crippen molar-refractivity contribution in [3.63, 3.8) is 0 Å². The molecule has 0 heterocycles. The van der Waals surface area contributed by atoms with Gasteiger partial charge in [0, 0.05) is 11.4 Å². The summed E-state index contributed by atoms with van der Waals surface area (Å²) in [6.07, 6.45) is 8.61. The van der Waals surface area contributed by atoms with Gasteiger partial charge in [-0.15, -0.1) is 0 Å². The quantitative estimate of drug-likeness (QED) is 0.482. The van der Waals surface area contributed by atoms with E-state index in [1.54, 1.807) is 6.07 Å². The van der Waals surface area contributed by atoms with Crippen molar-refractivity contribution in [2.24, 2.45) is 0 Å². The number of nitrogens with two attached hydrogens (primary N) is 1. The zero-order chi connectivity index (χ0) is 15.5. The van der Waals surface area contributed by atoms with Gasteiger partial charge in [0.15, 0.2) is 0 Å². The van der Waals surface area contributed by atoms with Gasteiger partial charge in [-0.25, -0.2) is 0 Å². The van der Waals surface area contributed by atoms with Crippen molar-refractivity contribution in [1.82, 2.24) is 0 Å². The molecule has 1 unspecified atom stereocenters. The third kappa shape index (κ3) is 6.98. The lowest BCUT2D eigenvalue weighted by atomic mass is 10.1. The lowest BCUT2D eigenvalue weighted by Crippen LogP contribution is -2.03. The van der Waals surface area contributed by atoms with E-state index in [1.807, 2.05) is 19.1 Å². The molecule has 0 spiro atoms. The topological polar surface area (TPSA) is 52.3 Å². The molecule has 0 aliphatic rings. The first-order chi connectivity index (χ1) is 10.2. The highest BCUT2D eigenvalue weighted by molar-refractivity contribution is 7.85. The Morgan fingerprint density at radius 1 is 1.05 bits per heavy atom. The van der Waals surface area contributed by atoms with Gasteiger partial charge >= 0.3 is 0 Å². The molecule has 120 valence electrons. The number of hydrogen-bond acceptors (Lipinski definition) is 3. The van der Waals surface area contributed by atoms with Gasteiger partial charge in [-0.3, -0.25) is 4.21 Å². The number of benzene rings is 1. The van der Waals surface area contributed by atoms with Crippen LogP contribution in [0.15, 0.2) is 23.1 Å². The van der Waals surface area contributed by atoms with Crippen molar-refractivity contribution in [3.8, 4) is 5.75 Å². The van der Waals surface area contributed by atoms with E-state index in [4.69, 9.17) is 10.5 Å². The molecule has 1 aromatic rings. The summed E-state index contributed by atoms with van der Waals surface area (Å²) in [5, 5.41) is 0. The van der Waals surface area contributed by atoms with Crippen LogP contribution in [0.5, 0.6) is 5.75 Å². The standard InChI is InChI=1S/C17H29NO2S/c1-3-5-6-7-8-9-10-13-21(19)17-14-15(20-4-2)11-12-16(17)18/h11-12,14H,3-10,13,18H2,1-2H3. The lowest BCUT2D eigenvalue weighted by molar-refractivity contribution is 0.339. The maximum Gasteiger partial charge on any atom is 0.120 e. The van der Waals surface area contributed by atoms with Crippen molar-refractivity contribution >= 4 is 16.5 Å². The molecule has 1 aromatic carbocycles. The summed E-state index contributed by atoms with van der Waals surface area (Å²) in [5.74, 6) is 1.43. The van der Waals surface area contributed by atoms with E-state index in [2.05, 4.69) is 6.92 Å². The van der Waals surface area contributed by atoms with Crippen LogP contribution in [0.25, 0.3) is 0 Å². The molecule has 0 bridgehead atoms. The summed E-state index contributed by atoms with van der Waals surface area (Å²) >= 11 is 0. The summed E-state index contributed by atoms with van der Waals surface area (Å²) < 4.78 is 17.8. The Balaban J connectivity index is 2.36. The Labute approximate surface area is 131 Å². The SMILES string of the molecule is CCCCCCCCCS(=O)c1cc(OCC)ccc1N. The third-order valence-corrected chi connectivity index (χ3v) is 4.98. The molecule has 0 aliphatic heterocycles. The van der Waals surface area contributed by atoms with Crippen LogP contribution in [-0.2, 0) is 10.8 Å². The first-order valence-corrected chi connectivity index (χ1v) is 9.41. The second kappa shape index (κ2) is 10.7. The molecule has 0 saturated heterocycles. The Kier molecular flexibility index (Phi) is 9.15. The second-order valence-electron chi connectivity index (χ2n) is 5.30. The van der Waals surface area contributed by atoms with Gasteiger partial charge in [0.1, 0.15) is 5.75 Å². The fraction of sp³-hybridized carbons (Fsp3) is 0.647. The van der Waals surface area contributed by atoms with Crippen molar-refractivity contribution < 1.29 is 8.95 Å². The van der Waals surface area contributed by atoms with E-state index in [0.717, 1.165) is 18.6 Å². The molecular formula is C17H29NO2S. The predicted molar refractivity (Wildman–Crippen MR) is 91.3 cm³/mol. The van der Waals surface area contributed by atoms with Crippen LogP contribution < -0.4 is 10.5 Å². The first kappa shape index (κ1) is 18.0. The van der Waals surface area contributed by atoms with Crippen LogP contribution in [0.1, 0.15) is 58.8 Å². The molecule has 21 heavy (non-hydrogen) atoms. The van der Waals surface area contributed by atoms with Crippen LogP contribution in [0.2, 0.25) is 0 Å². The monoisotopic (exact) mass is 311 g/mol. The average Bonchev–Trinajstić information content (AvgIpc) is 2.48. The average molecular weight is 311 g/mol. The Bertz CT molecular complexity index is 435. The van der Waals surface area contributed by atoms with Crippen molar-refractivity contribution in [3.05, 3.63) is 18.2 Å². The number of rotatable bonds is 11. The van der Waals surface area contributed by atoms with Crippen LogP contribution >= 0.6 is 0 Å². The van der Waals surface area contributed by atoms with Gasteiger partial charge in [0.2, 0.25) is 0 Å². The minimum absolute atomic E-state index is 0.597. The van der Waals surface area contributed by atoms with E-state index in [0.29, 0.717) is 22.9 Å². The van der Waals surface area contributed by atoms with Gasteiger partial charge < -0.3 is 10.5 Å². The maximum atomic E-state index is 12.3. The van der Waals surface area contributed by atoms with E-state index >= 15 is 0 Å². The highest BCUT2D eigenvalue weighted by Crippen LogP contribution is 2.23. The predicted octanol–water partition coefficient (Wildman–Crippen LogP) is 4.53. The maximum absolute atomic E-state index is 12.3. The van der Waals surface area contributed by atoms with E-state index in [1.165, 1.54) is 32.1 Å². The zero-order valence-electron chi connectivity index (χ0n) is 13.4. The largest absolute Gasteiger partial charge is 0.494 e. The fourth-order valence-electron chi connectivity index (χ4n) is 2.27. The van der Waals surface area contributed by atoms with E-state index in [-0.39, 0.29) is 0 Å².